The molecule has 3 aromatic carbocycles. The van der Waals surface area contributed by atoms with Crippen LogP contribution in [-0.4, -0.2) is 36.2 Å². The Hall–Kier alpha value is -3.65. The highest BCUT2D eigenvalue weighted by Gasteiger charge is 2.50. The second kappa shape index (κ2) is 9.19. The lowest BCUT2D eigenvalue weighted by atomic mass is 9.98. The van der Waals surface area contributed by atoms with E-state index in [2.05, 4.69) is 50.8 Å². The van der Waals surface area contributed by atoms with Gasteiger partial charge in [-0.1, -0.05) is 64.5 Å². The number of carboxylic acids is 1. The molecular weight excluding hydrogens is 512 g/mol. The van der Waals surface area contributed by atoms with Gasteiger partial charge in [0.1, 0.15) is 6.61 Å². The molecular formula is C27H23BrN2O5. The average molecular weight is 535 g/mol. The van der Waals surface area contributed by atoms with Crippen LogP contribution in [0.5, 0.6) is 0 Å². The number of benzene rings is 3. The molecule has 35 heavy (non-hydrogen) atoms. The van der Waals surface area contributed by atoms with Crippen LogP contribution < -0.4 is 10.6 Å². The fourth-order valence-corrected chi connectivity index (χ4v) is 5.01. The number of carboxylic acid groups (broad SMARTS) is 1. The van der Waals surface area contributed by atoms with Crippen molar-refractivity contribution in [2.45, 2.75) is 18.8 Å². The van der Waals surface area contributed by atoms with Gasteiger partial charge in [0.05, 0.1) is 5.41 Å². The van der Waals surface area contributed by atoms with Gasteiger partial charge in [0.2, 0.25) is 0 Å². The SMILES string of the molecule is O=C(Nc1cc(Br)cc(C(=O)NCC2(C(=O)O)CC2)c1)OCC1c2ccccc2-c2ccccc21. The first-order chi connectivity index (χ1) is 16.9. The summed E-state index contributed by atoms with van der Waals surface area (Å²) < 4.78 is 6.18. The molecule has 0 radical (unpaired) electrons. The molecule has 0 saturated heterocycles. The molecule has 2 aliphatic rings. The van der Waals surface area contributed by atoms with E-state index < -0.39 is 23.4 Å². The Labute approximate surface area is 210 Å². The van der Waals surface area contributed by atoms with Gasteiger partial charge in [0.25, 0.3) is 5.91 Å². The molecule has 8 heteroatoms. The maximum atomic E-state index is 12.6. The standard InChI is InChI=1S/C27H23BrN2O5/c28-17-11-16(24(31)29-15-27(9-10-27)25(32)33)12-18(13-17)30-26(34)35-14-23-21-7-3-1-5-19(21)20-6-2-4-8-22(20)23/h1-8,11-13,23H,9-10,14-15H2,(H,29,31)(H,30,34)(H,32,33). The van der Waals surface area contributed by atoms with Crippen LogP contribution in [0, 0.1) is 5.41 Å². The summed E-state index contributed by atoms with van der Waals surface area (Å²) in [4.78, 5) is 36.5. The minimum absolute atomic E-state index is 0.0546. The van der Waals surface area contributed by atoms with Gasteiger partial charge in [0, 0.05) is 28.2 Å². The van der Waals surface area contributed by atoms with E-state index in [0.29, 0.717) is 28.6 Å². The second-order valence-corrected chi connectivity index (χ2v) is 9.86. The van der Waals surface area contributed by atoms with Gasteiger partial charge in [-0.15, -0.1) is 0 Å². The number of hydrogen-bond acceptors (Lipinski definition) is 4. The first-order valence-electron chi connectivity index (χ1n) is 11.3. The number of nitrogens with one attached hydrogen (secondary N) is 2. The van der Waals surface area contributed by atoms with Crippen molar-refractivity contribution in [3.8, 4) is 11.1 Å². The Morgan fingerprint density at radius 1 is 0.971 bits per heavy atom. The number of halogens is 1. The van der Waals surface area contributed by atoms with Crippen molar-refractivity contribution in [1.29, 1.82) is 0 Å². The molecule has 1 saturated carbocycles. The van der Waals surface area contributed by atoms with E-state index in [-0.39, 0.29) is 19.1 Å². The van der Waals surface area contributed by atoms with E-state index in [1.165, 1.54) is 6.07 Å². The van der Waals surface area contributed by atoms with Crippen molar-refractivity contribution < 1.29 is 24.2 Å². The number of carbonyl (C=O) groups excluding carboxylic acids is 2. The van der Waals surface area contributed by atoms with Crippen LogP contribution >= 0.6 is 15.9 Å². The van der Waals surface area contributed by atoms with Crippen LogP contribution in [0.15, 0.2) is 71.2 Å². The summed E-state index contributed by atoms with van der Waals surface area (Å²) >= 11 is 3.36. The normalized spacial score (nSPS) is 15.0. The fraction of sp³-hybridized carbons (Fsp3) is 0.222. The van der Waals surface area contributed by atoms with Crippen molar-refractivity contribution >= 4 is 39.6 Å². The van der Waals surface area contributed by atoms with Gasteiger partial charge in [-0.3, -0.25) is 14.9 Å². The largest absolute Gasteiger partial charge is 0.481 e. The van der Waals surface area contributed by atoms with Crippen LogP contribution in [0.1, 0.15) is 40.2 Å². The summed E-state index contributed by atoms with van der Waals surface area (Å²) in [6.45, 7) is 0.251. The third kappa shape index (κ3) is 4.66. The Morgan fingerprint density at radius 2 is 1.60 bits per heavy atom. The molecule has 2 aliphatic carbocycles. The third-order valence-electron chi connectivity index (χ3n) is 6.64. The van der Waals surface area contributed by atoms with Crippen molar-refractivity contribution in [3.05, 3.63) is 87.9 Å². The number of aliphatic carboxylic acids is 1. The van der Waals surface area contributed by atoms with E-state index >= 15 is 0 Å². The number of fused-ring (bicyclic) bond motifs is 3. The molecule has 1 fully saturated rings. The van der Waals surface area contributed by atoms with Gasteiger partial charge in [-0.2, -0.15) is 0 Å². The number of anilines is 1. The van der Waals surface area contributed by atoms with Crippen molar-refractivity contribution in [3.63, 3.8) is 0 Å². The van der Waals surface area contributed by atoms with Crippen molar-refractivity contribution in [2.75, 3.05) is 18.5 Å². The van der Waals surface area contributed by atoms with Gasteiger partial charge < -0.3 is 15.2 Å². The summed E-state index contributed by atoms with van der Waals surface area (Å²) in [7, 11) is 0. The third-order valence-corrected chi connectivity index (χ3v) is 7.10. The summed E-state index contributed by atoms with van der Waals surface area (Å²) in [5, 5.41) is 14.7. The summed E-state index contributed by atoms with van der Waals surface area (Å²) in [6, 6.07) is 21.0. The smallest absolute Gasteiger partial charge is 0.411 e. The Morgan fingerprint density at radius 3 is 2.20 bits per heavy atom. The van der Waals surface area contributed by atoms with Gasteiger partial charge in [0.15, 0.2) is 0 Å². The first kappa shape index (κ1) is 23.1. The highest BCUT2D eigenvalue weighted by Crippen LogP contribution is 2.45. The Bertz CT molecular complexity index is 1290. The molecule has 0 heterocycles. The molecule has 0 bridgehead atoms. The maximum absolute atomic E-state index is 12.6. The molecule has 178 valence electrons. The molecule has 0 atom stereocenters. The van der Waals surface area contributed by atoms with Crippen LogP contribution in [0.2, 0.25) is 0 Å². The number of rotatable bonds is 7. The lowest BCUT2D eigenvalue weighted by Gasteiger charge is -2.15. The zero-order valence-electron chi connectivity index (χ0n) is 18.7. The van der Waals surface area contributed by atoms with Crippen LogP contribution in [0.3, 0.4) is 0 Å². The molecule has 3 aromatic rings. The van der Waals surface area contributed by atoms with E-state index in [1.807, 2.05) is 24.3 Å². The summed E-state index contributed by atoms with van der Waals surface area (Å²) in [6.07, 6.45) is 0.477. The van der Waals surface area contributed by atoms with Crippen LogP contribution in [-0.2, 0) is 9.53 Å². The predicted molar refractivity (Wildman–Crippen MR) is 134 cm³/mol. The number of amides is 2. The number of carbonyl (C=O) groups is 3. The van der Waals surface area contributed by atoms with Gasteiger partial charge >= 0.3 is 12.1 Å². The summed E-state index contributed by atoms with van der Waals surface area (Å²) in [5.74, 6) is -1.36. The van der Waals surface area contributed by atoms with E-state index in [9.17, 15) is 19.5 Å². The van der Waals surface area contributed by atoms with Crippen molar-refractivity contribution in [1.82, 2.24) is 5.32 Å². The molecule has 0 aromatic heterocycles. The topological polar surface area (TPSA) is 105 Å². The summed E-state index contributed by atoms with van der Waals surface area (Å²) in [5.41, 5.74) is 4.38. The highest BCUT2D eigenvalue weighted by atomic mass is 79.9. The predicted octanol–water partition coefficient (Wildman–Crippen LogP) is 5.40. The minimum atomic E-state index is -0.898. The van der Waals surface area contributed by atoms with Crippen LogP contribution in [0.25, 0.3) is 11.1 Å². The quantitative estimate of drug-likeness (QED) is 0.376. The molecule has 5 rings (SSSR count). The zero-order chi connectivity index (χ0) is 24.6. The first-order valence-corrected chi connectivity index (χ1v) is 12.1. The molecule has 2 amide bonds. The molecule has 3 N–H and O–H groups in total. The Kier molecular flexibility index (Phi) is 6.06. The Balaban J connectivity index is 1.23. The maximum Gasteiger partial charge on any atom is 0.411 e. The zero-order valence-corrected chi connectivity index (χ0v) is 20.3. The molecule has 0 spiro atoms. The lowest BCUT2D eigenvalue weighted by Crippen LogP contribution is -2.34. The second-order valence-electron chi connectivity index (χ2n) is 8.95. The van der Waals surface area contributed by atoms with E-state index in [0.717, 1.165) is 22.3 Å². The fourth-order valence-electron chi connectivity index (χ4n) is 4.51. The van der Waals surface area contributed by atoms with Gasteiger partial charge in [-0.25, -0.2) is 4.79 Å². The molecule has 0 aliphatic heterocycles. The average Bonchev–Trinajstić information content (AvgIpc) is 3.58. The van der Waals surface area contributed by atoms with Crippen LogP contribution in [0.4, 0.5) is 10.5 Å². The molecule has 7 nitrogen and oxygen atoms in total. The number of ether oxygens (including phenoxy) is 1. The number of hydrogen-bond donors (Lipinski definition) is 3. The van der Waals surface area contributed by atoms with Gasteiger partial charge in [-0.05, 0) is 53.3 Å². The van der Waals surface area contributed by atoms with Crippen molar-refractivity contribution in [2.24, 2.45) is 5.41 Å². The molecule has 0 unspecified atom stereocenters. The highest BCUT2D eigenvalue weighted by molar-refractivity contribution is 9.10. The minimum Gasteiger partial charge on any atom is -0.481 e. The van der Waals surface area contributed by atoms with E-state index in [4.69, 9.17) is 4.74 Å². The monoisotopic (exact) mass is 534 g/mol. The van der Waals surface area contributed by atoms with E-state index in [1.54, 1.807) is 12.1 Å². The lowest BCUT2D eigenvalue weighted by molar-refractivity contribution is -0.143.